The molecule has 4 atom stereocenters. The summed E-state index contributed by atoms with van der Waals surface area (Å²) in [7, 11) is -1.78. The predicted molar refractivity (Wildman–Crippen MR) is 86.2 cm³/mol. The van der Waals surface area contributed by atoms with Gasteiger partial charge in [0.2, 0.25) is 0 Å². The van der Waals surface area contributed by atoms with Gasteiger partial charge in [-0.3, -0.25) is 4.79 Å². The molecule has 3 fully saturated rings. The van der Waals surface area contributed by atoms with Crippen molar-refractivity contribution in [1.82, 2.24) is 0 Å². The molecule has 0 aliphatic heterocycles. The van der Waals surface area contributed by atoms with Gasteiger partial charge in [-0.25, -0.2) is 0 Å². The van der Waals surface area contributed by atoms with E-state index in [1.807, 2.05) is 0 Å². The minimum absolute atomic E-state index is 0.138. The second-order valence-corrected chi connectivity index (χ2v) is 14.0. The van der Waals surface area contributed by atoms with Crippen molar-refractivity contribution < 1.29 is 9.22 Å². The van der Waals surface area contributed by atoms with Gasteiger partial charge in [0.25, 0.3) is 0 Å². The maximum Gasteiger partial charge on any atom is 0.192 e. The number of carbonyl (C=O) groups is 1. The maximum absolute atomic E-state index is 12.6. The Morgan fingerprint density at radius 1 is 1.25 bits per heavy atom. The van der Waals surface area contributed by atoms with E-state index >= 15 is 0 Å². The van der Waals surface area contributed by atoms with E-state index < -0.39 is 8.32 Å². The van der Waals surface area contributed by atoms with Crippen LogP contribution in [0.15, 0.2) is 0 Å². The van der Waals surface area contributed by atoms with E-state index in [0.717, 1.165) is 12.8 Å². The van der Waals surface area contributed by atoms with Gasteiger partial charge in [0.1, 0.15) is 5.78 Å². The predicted octanol–water partition coefficient (Wildman–Crippen LogP) is 4.65. The fourth-order valence-electron chi connectivity index (χ4n) is 3.97. The molecule has 0 aromatic rings. The molecule has 0 heterocycles. The zero-order valence-corrected chi connectivity index (χ0v) is 15.5. The molecule has 116 valence electrons. The summed E-state index contributed by atoms with van der Waals surface area (Å²) < 4.78 is 6.61. The number of fused-ring (bicyclic) bond motifs is 3. The molecule has 0 amide bonds. The highest BCUT2D eigenvalue weighted by Crippen LogP contribution is 2.55. The van der Waals surface area contributed by atoms with Crippen molar-refractivity contribution in [2.45, 2.75) is 78.6 Å². The SMILES string of the molecule is C[C@H]1C(=O)[C@H]2CC(C)(C)[C@H]1C[C@@H]2O[Si](C)(C)C(C)(C)C. The molecule has 2 nitrogen and oxygen atoms in total. The summed E-state index contributed by atoms with van der Waals surface area (Å²) in [5.74, 6) is 1.32. The van der Waals surface area contributed by atoms with Gasteiger partial charge in [-0.05, 0) is 42.3 Å². The summed E-state index contributed by atoms with van der Waals surface area (Å²) in [6.45, 7) is 18.2. The Morgan fingerprint density at radius 3 is 2.30 bits per heavy atom. The van der Waals surface area contributed by atoms with Crippen molar-refractivity contribution in [3.8, 4) is 0 Å². The third-order valence-corrected chi connectivity index (χ3v) is 10.9. The van der Waals surface area contributed by atoms with Crippen LogP contribution in [-0.4, -0.2) is 20.2 Å². The van der Waals surface area contributed by atoms with Crippen molar-refractivity contribution in [3.05, 3.63) is 0 Å². The van der Waals surface area contributed by atoms with Gasteiger partial charge in [0.15, 0.2) is 8.32 Å². The number of Topliss-reactive ketones (excluding diaryl/α,β-unsaturated/α-hetero) is 1. The Hall–Kier alpha value is -0.153. The lowest BCUT2D eigenvalue weighted by Crippen LogP contribution is -2.58. The van der Waals surface area contributed by atoms with Crippen LogP contribution in [0.5, 0.6) is 0 Å². The second-order valence-electron chi connectivity index (χ2n) is 9.25. The first kappa shape index (κ1) is 16.2. The van der Waals surface area contributed by atoms with Crippen LogP contribution in [0.4, 0.5) is 0 Å². The Labute approximate surface area is 125 Å². The first-order valence-corrected chi connectivity index (χ1v) is 11.0. The highest BCUT2D eigenvalue weighted by atomic mass is 28.4. The Balaban J connectivity index is 2.20. The second kappa shape index (κ2) is 4.67. The smallest absolute Gasteiger partial charge is 0.192 e. The lowest BCUT2D eigenvalue weighted by Gasteiger charge is -2.55. The molecular weight excluding hydrogens is 264 g/mol. The molecule has 3 saturated carbocycles. The summed E-state index contributed by atoms with van der Waals surface area (Å²) >= 11 is 0. The minimum atomic E-state index is -1.78. The normalized spacial score (nSPS) is 37.3. The first-order chi connectivity index (χ1) is 8.87. The summed E-state index contributed by atoms with van der Waals surface area (Å²) in [5.41, 5.74) is 0.297. The van der Waals surface area contributed by atoms with Crippen molar-refractivity contribution in [2.24, 2.45) is 23.2 Å². The first-order valence-electron chi connectivity index (χ1n) is 8.08. The number of rotatable bonds is 2. The fraction of sp³-hybridized carbons (Fsp3) is 0.941. The van der Waals surface area contributed by atoms with Gasteiger partial charge in [-0.15, -0.1) is 0 Å². The van der Waals surface area contributed by atoms with Crippen LogP contribution in [-0.2, 0) is 9.22 Å². The van der Waals surface area contributed by atoms with E-state index in [2.05, 4.69) is 54.6 Å². The van der Waals surface area contributed by atoms with Crippen molar-refractivity contribution in [2.75, 3.05) is 0 Å². The standard InChI is InChI=1S/C17H32O2Si/c1-11-13-9-14(19-20(7,8)16(2,3)4)12(15(11)18)10-17(13,5)6/h11-14H,9-10H2,1-8H3/t11-,12+,13+,14+/m1/s1. The number of carbonyl (C=O) groups excluding carboxylic acids is 1. The van der Waals surface area contributed by atoms with Crippen LogP contribution in [0, 0.1) is 23.2 Å². The molecule has 0 saturated heterocycles. The van der Waals surface area contributed by atoms with E-state index in [0.29, 0.717) is 17.1 Å². The van der Waals surface area contributed by atoms with Gasteiger partial charge < -0.3 is 4.43 Å². The van der Waals surface area contributed by atoms with Crippen LogP contribution >= 0.6 is 0 Å². The highest BCUT2D eigenvalue weighted by Gasteiger charge is 2.56. The zero-order valence-electron chi connectivity index (χ0n) is 14.5. The molecule has 0 unspecified atom stereocenters. The van der Waals surface area contributed by atoms with Crippen LogP contribution in [0.2, 0.25) is 18.1 Å². The van der Waals surface area contributed by atoms with Gasteiger partial charge in [0.05, 0.1) is 6.10 Å². The summed E-state index contributed by atoms with van der Waals surface area (Å²) in [6.07, 6.45) is 2.27. The molecule has 3 aliphatic rings. The molecule has 0 aromatic heterocycles. The van der Waals surface area contributed by atoms with Gasteiger partial charge >= 0.3 is 0 Å². The topological polar surface area (TPSA) is 26.3 Å². The van der Waals surface area contributed by atoms with Crippen LogP contribution in [0.1, 0.15) is 54.4 Å². The van der Waals surface area contributed by atoms with E-state index in [4.69, 9.17) is 4.43 Å². The zero-order chi connectivity index (χ0) is 15.5. The van der Waals surface area contributed by atoms with Crippen LogP contribution in [0.3, 0.4) is 0 Å². The average Bonchev–Trinajstić information content (AvgIpc) is 2.24. The summed E-state index contributed by atoms with van der Waals surface area (Å²) in [5, 5.41) is 0.216. The summed E-state index contributed by atoms with van der Waals surface area (Å²) in [6, 6.07) is 0. The largest absolute Gasteiger partial charge is 0.413 e. The van der Waals surface area contributed by atoms with E-state index in [-0.39, 0.29) is 23.0 Å². The lowest BCUT2D eigenvalue weighted by molar-refractivity contribution is -0.154. The lowest BCUT2D eigenvalue weighted by atomic mass is 9.52. The molecule has 20 heavy (non-hydrogen) atoms. The molecule has 0 aromatic carbocycles. The maximum atomic E-state index is 12.6. The third-order valence-electron chi connectivity index (χ3n) is 6.35. The van der Waals surface area contributed by atoms with E-state index in [9.17, 15) is 4.79 Å². The molecule has 2 bridgehead atoms. The quantitative estimate of drug-likeness (QED) is 0.693. The van der Waals surface area contributed by atoms with Crippen molar-refractivity contribution in [3.63, 3.8) is 0 Å². The van der Waals surface area contributed by atoms with Gasteiger partial charge in [0, 0.05) is 11.8 Å². The average molecular weight is 297 g/mol. The highest BCUT2D eigenvalue weighted by molar-refractivity contribution is 6.74. The molecule has 3 rings (SSSR count). The molecule has 0 spiro atoms. The van der Waals surface area contributed by atoms with E-state index in [1.165, 1.54) is 0 Å². The van der Waals surface area contributed by atoms with Crippen LogP contribution in [0.25, 0.3) is 0 Å². The van der Waals surface area contributed by atoms with Gasteiger partial charge in [-0.1, -0.05) is 41.5 Å². The number of ketones is 1. The molecule has 3 aliphatic carbocycles. The number of hydrogen-bond donors (Lipinski definition) is 0. The third kappa shape index (κ3) is 2.52. The molecule has 3 heteroatoms. The fourth-order valence-corrected chi connectivity index (χ4v) is 5.34. The minimum Gasteiger partial charge on any atom is -0.413 e. The van der Waals surface area contributed by atoms with Crippen molar-refractivity contribution >= 4 is 14.1 Å². The monoisotopic (exact) mass is 296 g/mol. The Kier molecular flexibility index (Phi) is 3.79. The van der Waals surface area contributed by atoms with E-state index in [1.54, 1.807) is 0 Å². The molecular formula is C17H32O2Si. The van der Waals surface area contributed by atoms with Crippen LogP contribution < -0.4 is 0 Å². The number of hydrogen-bond acceptors (Lipinski definition) is 2. The molecule has 0 radical (unpaired) electrons. The van der Waals surface area contributed by atoms with Crippen molar-refractivity contribution in [1.29, 1.82) is 0 Å². The Bertz CT molecular complexity index is 406. The molecule has 0 N–H and O–H groups in total. The summed E-state index contributed by atoms with van der Waals surface area (Å²) in [4.78, 5) is 12.6. The Morgan fingerprint density at radius 2 is 1.80 bits per heavy atom. The van der Waals surface area contributed by atoms with Gasteiger partial charge in [-0.2, -0.15) is 0 Å².